The third-order valence-corrected chi connectivity index (χ3v) is 4.81. The molecule has 0 atom stereocenters. The predicted octanol–water partition coefficient (Wildman–Crippen LogP) is 2.27. The Bertz CT molecular complexity index is 744. The molecule has 0 bridgehead atoms. The maximum absolute atomic E-state index is 13.4. The Balaban J connectivity index is 2.37. The Labute approximate surface area is 123 Å². The molecule has 0 heterocycles. The standard InChI is InChI=1S/C15H16FNO3S/c1-20-14-4-2-3-5-15(14)21(18,19)10-11-6-7-13(16)12(8-11)9-17/h2-8H,9-10,17H2,1H3. The van der Waals surface area contributed by atoms with Crippen LogP contribution in [0.2, 0.25) is 0 Å². The van der Waals surface area contributed by atoms with Crippen LogP contribution in [0.5, 0.6) is 5.75 Å². The molecular formula is C15H16FNO3S. The number of ether oxygens (including phenoxy) is 1. The van der Waals surface area contributed by atoms with Gasteiger partial charge in [-0.2, -0.15) is 0 Å². The molecule has 2 aromatic rings. The van der Waals surface area contributed by atoms with Crippen molar-refractivity contribution in [3.63, 3.8) is 0 Å². The van der Waals surface area contributed by atoms with Crippen LogP contribution < -0.4 is 10.5 Å². The van der Waals surface area contributed by atoms with Gasteiger partial charge >= 0.3 is 0 Å². The van der Waals surface area contributed by atoms with Crippen LogP contribution in [-0.4, -0.2) is 15.5 Å². The minimum absolute atomic E-state index is 0.0222. The number of methoxy groups -OCH3 is 1. The highest BCUT2D eigenvalue weighted by molar-refractivity contribution is 7.90. The number of benzene rings is 2. The second-order valence-electron chi connectivity index (χ2n) is 4.54. The average Bonchev–Trinajstić information content (AvgIpc) is 2.49. The summed E-state index contributed by atoms with van der Waals surface area (Å²) in [6.45, 7) is 0.0222. The van der Waals surface area contributed by atoms with E-state index >= 15 is 0 Å². The van der Waals surface area contributed by atoms with Crippen molar-refractivity contribution >= 4 is 9.84 Å². The lowest BCUT2D eigenvalue weighted by Gasteiger charge is -2.10. The minimum atomic E-state index is -3.58. The van der Waals surface area contributed by atoms with Crippen LogP contribution in [0.15, 0.2) is 47.4 Å². The molecule has 0 spiro atoms. The topological polar surface area (TPSA) is 69.4 Å². The fourth-order valence-electron chi connectivity index (χ4n) is 2.05. The van der Waals surface area contributed by atoms with Crippen LogP contribution in [0.3, 0.4) is 0 Å². The van der Waals surface area contributed by atoms with Gasteiger partial charge in [0.2, 0.25) is 0 Å². The number of sulfone groups is 1. The zero-order valence-electron chi connectivity index (χ0n) is 11.5. The van der Waals surface area contributed by atoms with Gasteiger partial charge < -0.3 is 10.5 Å². The molecule has 0 aliphatic heterocycles. The zero-order valence-corrected chi connectivity index (χ0v) is 12.4. The van der Waals surface area contributed by atoms with Crippen LogP contribution in [0.25, 0.3) is 0 Å². The molecule has 0 saturated heterocycles. The van der Waals surface area contributed by atoms with E-state index in [0.29, 0.717) is 16.9 Å². The van der Waals surface area contributed by atoms with Crippen LogP contribution in [0.4, 0.5) is 4.39 Å². The first kappa shape index (κ1) is 15.5. The van der Waals surface area contributed by atoms with Crippen molar-refractivity contribution in [3.8, 4) is 5.75 Å². The van der Waals surface area contributed by atoms with E-state index in [9.17, 15) is 12.8 Å². The number of hydrogen-bond acceptors (Lipinski definition) is 4. The minimum Gasteiger partial charge on any atom is -0.495 e. The molecule has 0 amide bonds. The summed E-state index contributed by atoms with van der Waals surface area (Å²) < 4.78 is 43.4. The molecule has 2 rings (SSSR count). The lowest BCUT2D eigenvalue weighted by Crippen LogP contribution is -2.08. The van der Waals surface area contributed by atoms with Crippen LogP contribution >= 0.6 is 0 Å². The Morgan fingerprint density at radius 2 is 1.90 bits per heavy atom. The molecule has 0 unspecified atom stereocenters. The van der Waals surface area contributed by atoms with Crippen molar-refractivity contribution in [2.75, 3.05) is 7.11 Å². The van der Waals surface area contributed by atoms with Gasteiger partial charge in [0.05, 0.1) is 12.9 Å². The molecule has 0 aliphatic carbocycles. The first-order valence-electron chi connectivity index (χ1n) is 6.31. The summed E-state index contributed by atoms with van der Waals surface area (Å²) in [6, 6.07) is 10.6. The Morgan fingerprint density at radius 3 is 2.57 bits per heavy atom. The van der Waals surface area contributed by atoms with E-state index in [1.165, 1.54) is 31.4 Å². The highest BCUT2D eigenvalue weighted by atomic mass is 32.2. The van der Waals surface area contributed by atoms with Gasteiger partial charge in [-0.1, -0.05) is 24.3 Å². The average molecular weight is 309 g/mol. The molecule has 4 nitrogen and oxygen atoms in total. The zero-order chi connectivity index (χ0) is 15.5. The third kappa shape index (κ3) is 3.40. The van der Waals surface area contributed by atoms with Crippen LogP contribution in [0.1, 0.15) is 11.1 Å². The summed E-state index contributed by atoms with van der Waals surface area (Å²) in [5.41, 5.74) is 6.21. The van der Waals surface area contributed by atoms with E-state index in [2.05, 4.69) is 0 Å². The molecule has 21 heavy (non-hydrogen) atoms. The van der Waals surface area contributed by atoms with E-state index in [4.69, 9.17) is 10.5 Å². The molecule has 6 heteroatoms. The van der Waals surface area contributed by atoms with Gasteiger partial charge in [-0.05, 0) is 23.8 Å². The molecule has 2 aromatic carbocycles. The Hall–Kier alpha value is -1.92. The van der Waals surface area contributed by atoms with Crippen molar-refractivity contribution < 1.29 is 17.5 Å². The monoisotopic (exact) mass is 309 g/mol. The first-order chi connectivity index (χ1) is 9.97. The van der Waals surface area contributed by atoms with E-state index in [-0.39, 0.29) is 17.2 Å². The summed E-state index contributed by atoms with van der Waals surface area (Å²) in [4.78, 5) is 0.117. The quantitative estimate of drug-likeness (QED) is 0.920. The van der Waals surface area contributed by atoms with E-state index < -0.39 is 15.7 Å². The maximum Gasteiger partial charge on any atom is 0.186 e. The van der Waals surface area contributed by atoms with E-state index in [1.807, 2.05) is 0 Å². The summed E-state index contributed by atoms with van der Waals surface area (Å²) in [6.07, 6.45) is 0. The predicted molar refractivity (Wildman–Crippen MR) is 78.2 cm³/mol. The number of rotatable bonds is 5. The van der Waals surface area contributed by atoms with Crippen molar-refractivity contribution in [1.82, 2.24) is 0 Å². The number of hydrogen-bond donors (Lipinski definition) is 1. The van der Waals surface area contributed by atoms with Gasteiger partial charge in [0.1, 0.15) is 16.5 Å². The lowest BCUT2D eigenvalue weighted by molar-refractivity contribution is 0.402. The Kier molecular flexibility index (Phi) is 4.59. The SMILES string of the molecule is COc1ccccc1S(=O)(=O)Cc1ccc(F)c(CN)c1. The molecule has 0 fully saturated rings. The van der Waals surface area contributed by atoms with Gasteiger partial charge in [-0.15, -0.1) is 0 Å². The number of para-hydroxylation sites is 1. The van der Waals surface area contributed by atoms with Gasteiger partial charge in [0.15, 0.2) is 9.84 Å². The fourth-order valence-corrected chi connectivity index (χ4v) is 3.56. The van der Waals surface area contributed by atoms with Crippen LogP contribution in [0, 0.1) is 5.82 Å². The Morgan fingerprint density at radius 1 is 1.19 bits per heavy atom. The first-order valence-corrected chi connectivity index (χ1v) is 7.96. The van der Waals surface area contributed by atoms with Gasteiger partial charge in [-0.3, -0.25) is 0 Å². The molecule has 0 aromatic heterocycles. The highest BCUT2D eigenvalue weighted by Crippen LogP contribution is 2.26. The second kappa shape index (κ2) is 6.24. The van der Waals surface area contributed by atoms with E-state index in [1.54, 1.807) is 18.2 Å². The van der Waals surface area contributed by atoms with Gasteiger partial charge in [0.25, 0.3) is 0 Å². The summed E-state index contributed by atoms with van der Waals surface area (Å²) in [5, 5.41) is 0. The number of nitrogens with two attached hydrogens (primary N) is 1. The molecular weight excluding hydrogens is 293 g/mol. The number of halogens is 1. The fraction of sp³-hybridized carbons (Fsp3) is 0.200. The van der Waals surface area contributed by atoms with Crippen molar-refractivity contribution in [1.29, 1.82) is 0 Å². The van der Waals surface area contributed by atoms with Gasteiger partial charge in [0, 0.05) is 12.1 Å². The molecule has 0 aliphatic rings. The maximum atomic E-state index is 13.4. The molecule has 112 valence electrons. The highest BCUT2D eigenvalue weighted by Gasteiger charge is 2.20. The molecule has 0 saturated carbocycles. The van der Waals surface area contributed by atoms with Crippen molar-refractivity contribution in [2.24, 2.45) is 5.73 Å². The van der Waals surface area contributed by atoms with Crippen molar-refractivity contribution in [2.45, 2.75) is 17.2 Å². The normalized spacial score (nSPS) is 11.4. The molecule has 2 N–H and O–H groups in total. The van der Waals surface area contributed by atoms with Crippen molar-refractivity contribution in [3.05, 3.63) is 59.4 Å². The summed E-state index contributed by atoms with van der Waals surface area (Å²) in [5.74, 6) is -0.379. The lowest BCUT2D eigenvalue weighted by atomic mass is 10.1. The molecule has 0 radical (unpaired) electrons. The second-order valence-corrected chi connectivity index (χ2v) is 6.50. The summed E-state index contributed by atoms with van der Waals surface area (Å²) in [7, 11) is -2.17. The van der Waals surface area contributed by atoms with E-state index in [0.717, 1.165) is 0 Å². The smallest absolute Gasteiger partial charge is 0.186 e. The van der Waals surface area contributed by atoms with Gasteiger partial charge in [-0.25, -0.2) is 12.8 Å². The third-order valence-electron chi connectivity index (χ3n) is 3.09. The summed E-state index contributed by atoms with van der Waals surface area (Å²) >= 11 is 0. The largest absolute Gasteiger partial charge is 0.495 e. The van der Waals surface area contributed by atoms with Crippen LogP contribution in [-0.2, 0) is 22.1 Å².